The van der Waals surface area contributed by atoms with Crippen molar-refractivity contribution in [1.82, 2.24) is 0 Å². The fraction of sp³-hybridized carbons (Fsp3) is 0.381. The average Bonchev–Trinajstić information content (AvgIpc) is 3.18. The third-order valence-electron chi connectivity index (χ3n) is 6.36. The van der Waals surface area contributed by atoms with E-state index in [2.05, 4.69) is 24.3 Å². The molecular formula is C21H20O2. The van der Waals surface area contributed by atoms with Crippen molar-refractivity contribution in [3.05, 3.63) is 53.1 Å². The van der Waals surface area contributed by atoms with Gasteiger partial charge in [0.05, 0.1) is 7.11 Å². The van der Waals surface area contributed by atoms with Crippen LogP contribution in [-0.4, -0.2) is 12.9 Å². The van der Waals surface area contributed by atoms with E-state index < -0.39 is 0 Å². The standard InChI is InChI=1S/C21H20O2/c1-23-20-4-2-3-14-10-17-18(11-16(14)20)21(8-7-19(17)22)12-13-5-6-15(21)9-13/h2-5,10-11,15H,6-9,12H2,1H3. The number of hydrogen-bond donors (Lipinski definition) is 0. The van der Waals surface area contributed by atoms with Crippen molar-refractivity contribution in [1.29, 1.82) is 0 Å². The quantitative estimate of drug-likeness (QED) is 0.707. The van der Waals surface area contributed by atoms with Crippen LogP contribution in [0.1, 0.15) is 48.0 Å². The van der Waals surface area contributed by atoms with Crippen LogP contribution in [0.3, 0.4) is 0 Å². The van der Waals surface area contributed by atoms with Gasteiger partial charge in [-0.05, 0) is 60.7 Å². The molecule has 0 aliphatic heterocycles. The lowest BCUT2D eigenvalue weighted by Crippen LogP contribution is -2.37. The fourth-order valence-corrected chi connectivity index (χ4v) is 5.24. The van der Waals surface area contributed by atoms with Gasteiger partial charge in [-0.1, -0.05) is 23.8 Å². The van der Waals surface area contributed by atoms with Crippen LogP contribution in [0, 0.1) is 5.92 Å². The monoisotopic (exact) mass is 304 g/mol. The highest BCUT2D eigenvalue weighted by molar-refractivity contribution is 6.04. The van der Waals surface area contributed by atoms with E-state index in [1.165, 1.54) is 18.4 Å². The summed E-state index contributed by atoms with van der Waals surface area (Å²) in [4.78, 5) is 12.6. The molecule has 2 bridgehead atoms. The Morgan fingerprint density at radius 2 is 2.17 bits per heavy atom. The Bertz CT molecular complexity index is 877. The topological polar surface area (TPSA) is 26.3 Å². The van der Waals surface area contributed by atoms with Crippen LogP contribution >= 0.6 is 0 Å². The smallest absolute Gasteiger partial charge is 0.163 e. The number of methoxy groups -OCH3 is 1. The third kappa shape index (κ3) is 1.67. The first kappa shape index (κ1) is 13.4. The van der Waals surface area contributed by atoms with Crippen LogP contribution in [0.2, 0.25) is 0 Å². The molecule has 0 heterocycles. The SMILES string of the molecule is COc1cccc2cc3c(cc12)C1(CCC3=O)CC2=CCC1C2. The second-order valence-electron chi connectivity index (χ2n) is 7.33. The Balaban J connectivity index is 1.81. The van der Waals surface area contributed by atoms with Gasteiger partial charge < -0.3 is 4.74 Å². The van der Waals surface area contributed by atoms with E-state index in [-0.39, 0.29) is 5.41 Å². The molecule has 2 nitrogen and oxygen atoms in total. The molecule has 116 valence electrons. The van der Waals surface area contributed by atoms with Gasteiger partial charge in [-0.15, -0.1) is 0 Å². The largest absolute Gasteiger partial charge is 0.496 e. The summed E-state index contributed by atoms with van der Waals surface area (Å²) < 4.78 is 5.56. The van der Waals surface area contributed by atoms with Gasteiger partial charge in [0.25, 0.3) is 0 Å². The minimum Gasteiger partial charge on any atom is -0.496 e. The van der Waals surface area contributed by atoms with Crippen molar-refractivity contribution in [3.63, 3.8) is 0 Å². The maximum absolute atomic E-state index is 12.6. The van der Waals surface area contributed by atoms with Gasteiger partial charge in [0.2, 0.25) is 0 Å². The van der Waals surface area contributed by atoms with Crippen molar-refractivity contribution in [2.75, 3.05) is 7.11 Å². The fourth-order valence-electron chi connectivity index (χ4n) is 5.24. The second-order valence-corrected chi connectivity index (χ2v) is 7.33. The summed E-state index contributed by atoms with van der Waals surface area (Å²) >= 11 is 0. The molecule has 2 aromatic rings. The molecule has 23 heavy (non-hydrogen) atoms. The number of hydrogen-bond acceptors (Lipinski definition) is 2. The second kappa shape index (κ2) is 4.47. The summed E-state index contributed by atoms with van der Waals surface area (Å²) in [6.45, 7) is 0. The van der Waals surface area contributed by atoms with Gasteiger partial charge in [0, 0.05) is 22.8 Å². The highest BCUT2D eigenvalue weighted by atomic mass is 16.5. The van der Waals surface area contributed by atoms with Gasteiger partial charge >= 0.3 is 0 Å². The number of carbonyl (C=O) groups excluding carboxylic acids is 1. The van der Waals surface area contributed by atoms with E-state index in [0.717, 1.165) is 34.9 Å². The van der Waals surface area contributed by atoms with Crippen molar-refractivity contribution in [2.24, 2.45) is 5.92 Å². The average molecular weight is 304 g/mol. The van der Waals surface area contributed by atoms with Gasteiger partial charge in [-0.25, -0.2) is 0 Å². The Morgan fingerprint density at radius 1 is 1.26 bits per heavy atom. The molecule has 1 fully saturated rings. The van der Waals surface area contributed by atoms with E-state index in [4.69, 9.17) is 4.74 Å². The van der Waals surface area contributed by atoms with Gasteiger partial charge in [-0.3, -0.25) is 4.79 Å². The van der Waals surface area contributed by atoms with E-state index in [1.807, 2.05) is 12.1 Å². The molecule has 0 saturated heterocycles. The Labute approximate surface area is 136 Å². The number of fused-ring (bicyclic) bond motifs is 6. The summed E-state index contributed by atoms with van der Waals surface area (Å²) in [6.07, 6.45) is 7.71. The highest BCUT2D eigenvalue weighted by Crippen LogP contribution is 2.59. The van der Waals surface area contributed by atoms with Crippen LogP contribution in [0.15, 0.2) is 42.0 Å². The lowest BCUT2D eigenvalue weighted by Gasteiger charge is -2.41. The first-order chi connectivity index (χ1) is 11.2. The number of ketones is 1. The first-order valence-electron chi connectivity index (χ1n) is 8.54. The first-order valence-corrected chi connectivity index (χ1v) is 8.54. The maximum Gasteiger partial charge on any atom is 0.163 e. The Morgan fingerprint density at radius 3 is 2.91 bits per heavy atom. The molecule has 2 aromatic carbocycles. The van der Waals surface area contributed by atoms with Crippen molar-refractivity contribution in [2.45, 2.75) is 37.5 Å². The molecule has 0 radical (unpaired) electrons. The molecule has 5 rings (SSSR count). The van der Waals surface area contributed by atoms with Gasteiger partial charge in [0.15, 0.2) is 5.78 Å². The van der Waals surface area contributed by atoms with E-state index in [9.17, 15) is 4.79 Å². The molecule has 1 spiro atoms. The number of allylic oxidation sites excluding steroid dienone is 2. The van der Waals surface area contributed by atoms with Crippen LogP contribution in [-0.2, 0) is 5.41 Å². The zero-order valence-corrected chi connectivity index (χ0v) is 13.4. The zero-order valence-electron chi connectivity index (χ0n) is 13.4. The van der Waals surface area contributed by atoms with Crippen molar-refractivity contribution in [3.8, 4) is 5.75 Å². The Kier molecular flexibility index (Phi) is 2.60. The zero-order chi connectivity index (χ0) is 15.6. The van der Waals surface area contributed by atoms with Crippen molar-refractivity contribution >= 4 is 16.6 Å². The minimum atomic E-state index is 0.197. The number of Topliss-reactive ketones (excluding diaryl/α,β-unsaturated/α-hetero) is 1. The molecule has 0 N–H and O–H groups in total. The van der Waals surface area contributed by atoms with Gasteiger partial charge in [-0.2, -0.15) is 0 Å². The maximum atomic E-state index is 12.6. The molecule has 3 aliphatic rings. The lowest BCUT2D eigenvalue weighted by atomic mass is 9.62. The molecule has 0 amide bonds. The third-order valence-corrected chi connectivity index (χ3v) is 6.36. The van der Waals surface area contributed by atoms with Crippen LogP contribution in [0.4, 0.5) is 0 Å². The lowest BCUT2D eigenvalue weighted by molar-refractivity contribution is 0.0940. The van der Waals surface area contributed by atoms with Crippen LogP contribution < -0.4 is 4.74 Å². The normalized spacial score (nSPS) is 28.3. The molecule has 1 saturated carbocycles. The summed E-state index contributed by atoms with van der Waals surface area (Å²) in [5.74, 6) is 1.91. The summed E-state index contributed by atoms with van der Waals surface area (Å²) in [5.41, 5.74) is 4.06. The van der Waals surface area contributed by atoms with Crippen LogP contribution in [0.25, 0.3) is 10.8 Å². The number of ether oxygens (including phenoxy) is 1. The Hall–Kier alpha value is -2.09. The van der Waals surface area contributed by atoms with Crippen molar-refractivity contribution < 1.29 is 9.53 Å². The molecular weight excluding hydrogens is 284 g/mol. The number of carbonyl (C=O) groups is 1. The van der Waals surface area contributed by atoms with E-state index in [1.54, 1.807) is 12.7 Å². The summed E-state index contributed by atoms with van der Waals surface area (Å²) in [7, 11) is 1.72. The molecule has 2 unspecified atom stereocenters. The predicted octanol–water partition coefficient (Wildman–Crippen LogP) is 4.80. The number of benzene rings is 2. The van der Waals surface area contributed by atoms with E-state index >= 15 is 0 Å². The van der Waals surface area contributed by atoms with Gasteiger partial charge in [0.1, 0.15) is 5.75 Å². The minimum absolute atomic E-state index is 0.197. The molecule has 3 aliphatic carbocycles. The highest BCUT2D eigenvalue weighted by Gasteiger charge is 2.51. The predicted molar refractivity (Wildman–Crippen MR) is 91.2 cm³/mol. The molecule has 2 heteroatoms. The summed E-state index contributed by atoms with van der Waals surface area (Å²) in [6, 6.07) is 10.5. The van der Waals surface area contributed by atoms with E-state index in [0.29, 0.717) is 18.1 Å². The molecule has 2 atom stereocenters. The van der Waals surface area contributed by atoms with Crippen LogP contribution in [0.5, 0.6) is 5.75 Å². The number of rotatable bonds is 1. The molecule has 0 aromatic heterocycles. The summed E-state index contributed by atoms with van der Waals surface area (Å²) in [5, 5.41) is 2.25.